The van der Waals surface area contributed by atoms with Crippen LogP contribution < -0.4 is 4.90 Å². The highest BCUT2D eigenvalue weighted by molar-refractivity contribution is 6.37. The van der Waals surface area contributed by atoms with Gasteiger partial charge >= 0.3 is 6.18 Å². The topological polar surface area (TPSA) is 37.4 Å². The number of amides is 1. The molecule has 2 aliphatic rings. The Morgan fingerprint density at radius 3 is 2.43 bits per heavy atom. The number of anilines is 1. The predicted octanol–water partition coefficient (Wildman–Crippen LogP) is 6.54. The first-order valence-corrected chi connectivity index (χ1v) is 10.1. The van der Waals surface area contributed by atoms with Crippen LogP contribution >= 0.6 is 23.2 Å². The summed E-state index contributed by atoms with van der Waals surface area (Å²) in [7, 11) is 0. The van der Waals surface area contributed by atoms with Gasteiger partial charge in [-0.1, -0.05) is 41.4 Å². The molecule has 0 aromatic heterocycles. The highest BCUT2D eigenvalue weighted by Gasteiger charge is 2.43. The fraction of sp³-hybridized carbons (Fsp3) is 0.273. The Hall–Kier alpha value is -2.31. The second kappa shape index (κ2) is 7.75. The van der Waals surface area contributed by atoms with E-state index < -0.39 is 23.6 Å². The van der Waals surface area contributed by atoms with Crippen LogP contribution in [0.15, 0.2) is 53.7 Å². The number of hydrogen-bond donors (Lipinski definition) is 0. The van der Waals surface area contributed by atoms with Crippen LogP contribution in [0, 0.1) is 0 Å². The van der Waals surface area contributed by atoms with E-state index in [1.165, 1.54) is 29.2 Å². The molecule has 0 spiro atoms. The van der Waals surface area contributed by atoms with Gasteiger partial charge in [-0.3, -0.25) is 14.5 Å². The minimum Gasteiger partial charge on any atom is -0.294 e. The van der Waals surface area contributed by atoms with Crippen LogP contribution in [0.25, 0.3) is 0 Å². The summed E-state index contributed by atoms with van der Waals surface area (Å²) >= 11 is 12.3. The summed E-state index contributed by atoms with van der Waals surface area (Å²) < 4.78 is 40.9. The van der Waals surface area contributed by atoms with Crippen molar-refractivity contribution in [2.45, 2.75) is 37.8 Å². The molecular weight excluding hydrogens is 438 g/mol. The number of rotatable bonds is 2. The summed E-state index contributed by atoms with van der Waals surface area (Å²) in [4.78, 5) is 27.4. The molecule has 4 rings (SSSR count). The first-order chi connectivity index (χ1) is 14.2. The van der Waals surface area contributed by atoms with E-state index in [1.807, 2.05) is 0 Å². The SMILES string of the molecule is O=C1CCCC2=C1C(c1ccccc1C(F)(F)F)CC(=O)N2c1ccc(Cl)cc1Cl. The van der Waals surface area contributed by atoms with Gasteiger partial charge in [-0.25, -0.2) is 0 Å². The van der Waals surface area contributed by atoms with E-state index in [2.05, 4.69) is 0 Å². The molecule has 3 nitrogen and oxygen atoms in total. The van der Waals surface area contributed by atoms with E-state index in [-0.39, 0.29) is 34.8 Å². The molecule has 0 fully saturated rings. The lowest BCUT2D eigenvalue weighted by Gasteiger charge is -2.39. The number of ketones is 1. The highest BCUT2D eigenvalue weighted by Crippen LogP contribution is 2.47. The number of Topliss-reactive ketones (excluding diaryl/α,β-unsaturated/α-hetero) is 1. The van der Waals surface area contributed by atoms with E-state index in [4.69, 9.17) is 23.2 Å². The van der Waals surface area contributed by atoms with E-state index in [9.17, 15) is 22.8 Å². The molecule has 1 aliphatic heterocycles. The monoisotopic (exact) mass is 453 g/mol. The molecule has 0 N–H and O–H groups in total. The van der Waals surface area contributed by atoms with Crippen molar-refractivity contribution >= 4 is 40.6 Å². The van der Waals surface area contributed by atoms with Crippen molar-refractivity contribution in [1.29, 1.82) is 0 Å². The van der Waals surface area contributed by atoms with Crippen molar-refractivity contribution in [3.05, 3.63) is 74.9 Å². The zero-order chi connectivity index (χ0) is 21.6. The van der Waals surface area contributed by atoms with Gasteiger partial charge in [0, 0.05) is 35.1 Å². The Labute approximate surface area is 181 Å². The Kier molecular flexibility index (Phi) is 5.41. The molecule has 1 unspecified atom stereocenters. The van der Waals surface area contributed by atoms with Crippen LogP contribution in [0.2, 0.25) is 10.0 Å². The first kappa shape index (κ1) is 20.9. The third-order valence-electron chi connectivity index (χ3n) is 5.47. The zero-order valence-corrected chi connectivity index (χ0v) is 17.1. The molecule has 30 heavy (non-hydrogen) atoms. The lowest BCUT2D eigenvalue weighted by Crippen LogP contribution is -2.41. The smallest absolute Gasteiger partial charge is 0.294 e. The normalized spacial score (nSPS) is 19.9. The predicted molar refractivity (Wildman–Crippen MR) is 109 cm³/mol. The number of carbonyl (C=O) groups is 2. The lowest BCUT2D eigenvalue weighted by atomic mass is 9.76. The van der Waals surface area contributed by atoms with Crippen molar-refractivity contribution in [2.24, 2.45) is 0 Å². The van der Waals surface area contributed by atoms with Gasteiger partial charge in [0.05, 0.1) is 16.3 Å². The molecule has 1 atom stereocenters. The number of alkyl halides is 3. The Balaban J connectivity index is 1.91. The van der Waals surface area contributed by atoms with E-state index >= 15 is 0 Å². The van der Waals surface area contributed by atoms with Gasteiger partial charge in [-0.15, -0.1) is 0 Å². The Morgan fingerprint density at radius 2 is 1.73 bits per heavy atom. The summed E-state index contributed by atoms with van der Waals surface area (Å²) in [5, 5.41) is 0.619. The minimum atomic E-state index is -4.59. The molecular formula is C22H16Cl2F3NO2. The molecule has 1 amide bonds. The summed E-state index contributed by atoms with van der Waals surface area (Å²) in [5.41, 5.74) is 0.182. The highest BCUT2D eigenvalue weighted by atomic mass is 35.5. The molecule has 2 aromatic carbocycles. The Morgan fingerprint density at radius 1 is 1.00 bits per heavy atom. The number of halogens is 5. The Bertz CT molecular complexity index is 1080. The zero-order valence-electron chi connectivity index (χ0n) is 15.6. The quantitative estimate of drug-likeness (QED) is 0.517. The van der Waals surface area contributed by atoms with Gasteiger partial charge < -0.3 is 0 Å². The number of allylic oxidation sites excluding steroid dienone is 2. The van der Waals surface area contributed by atoms with Crippen LogP contribution in [-0.4, -0.2) is 11.7 Å². The molecule has 156 valence electrons. The second-order valence-electron chi connectivity index (χ2n) is 7.30. The molecule has 2 aromatic rings. The van der Waals surface area contributed by atoms with Gasteiger partial charge in [0.15, 0.2) is 5.78 Å². The van der Waals surface area contributed by atoms with Gasteiger partial charge in [-0.2, -0.15) is 13.2 Å². The third-order valence-corrected chi connectivity index (χ3v) is 6.01. The molecule has 1 aliphatic carbocycles. The van der Waals surface area contributed by atoms with Gasteiger partial charge in [0.1, 0.15) is 0 Å². The van der Waals surface area contributed by atoms with Crippen LogP contribution in [0.1, 0.15) is 42.7 Å². The number of hydrogen-bond acceptors (Lipinski definition) is 2. The third kappa shape index (κ3) is 3.63. The summed E-state index contributed by atoms with van der Waals surface area (Å²) in [5.74, 6) is -1.59. The van der Waals surface area contributed by atoms with Gasteiger partial charge in [-0.05, 0) is 42.7 Å². The van der Waals surface area contributed by atoms with Crippen molar-refractivity contribution in [2.75, 3.05) is 4.90 Å². The summed E-state index contributed by atoms with van der Waals surface area (Å²) in [6.07, 6.45) is -3.69. The summed E-state index contributed by atoms with van der Waals surface area (Å²) in [6.45, 7) is 0. The van der Waals surface area contributed by atoms with Crippen molar-refractivity contribution in [3.8, 4) is 0 Å². The molecule has 8 heteroatoms. The fourth-order valence-electron chi connectivity index (χ4n) is 4.26. The second-order valence-corrected chi connectivity index (χ2v) is 8.15. The average molecular weight is 454 g/mol. The van der Waals surface area contributed by atoms with E-state index in [0.29, 0.717) is 29.2 Å². The molecule has 0 saturated heterocycles. The van der Waals surface area contributed by atoms with Crippen molar-refractivity contribution in [3.63, 3.8) is 0 Å². The number of benzene rings is 2. The van der Waals surface area contributed by atoms with Crippen molar-refractivity contribution < 1.29 is 22.8 Å². The van der Waals surface area contributed by atoms with Crippen LogP contribution in [0.3, 0.4) is 0 Å². The molecule has 1 heterocycles. The van der Waals surface area contributed by atoms with Crippen LogP contribution in [-0.2, 0) is 15.8 Å². The van der Waals surface area contributed by atoms with Crippen LogP contribution in [0.5, 0.6) is 0 Å². The maximum atomic E-state index is 13.6. The van der Waals surface area contributed by atoms with E-state index in [0.717, 1.165) is 6.07 Å². The van der Waals surface area contributed by atoms with Gasteiger partial charge in [0.2, 0.25) is 5.91 Å². The largest absolute Gasteiger partial charge is 0.416 e. The minimum absolute atomic E-state index is 0.0528. The van der Waals surface area contributed by atoms with Gasteiger partial charge in [0.25, 0.3) is 0 Å². The molecule has 0 bridgehead atoms. The average Bonchev–Trinajstić information content (AvgIpc) is 2.68. The molecule has 0 saturated carbocycles. The lowest BCUT2D eigenvalue weighted by molar-refractivity contribution is -0.138. The van der Waals surface area contributed by atoms with Crippen molar-refractivity contribution in [1.82, 2.24) is 0 Å². The summed E-state index contributed by atoms with van der Waals surface area (Å²) in [6, 6.07) is 9.76. The van der Waals surface area contributed by atoms with Crippen LogP contribution in [0.4, 0.5) is 18.9 Å². The fourth-order valence-corrected chi connectivity index (χ4v) is 4.75. The standard InChI is InChI=1S/C22H16Cl2F3NO2/c23-12-8-9-17(16(24)10-12)28-18-6-3-7-19(29)21(18)14(11-20(28)30)13-4-1-2-5-15(13)22(25,26)27/h1-2,4-5,8-10,14H,3,6-7,11H2. The molecule has 0 radical (unpaired) electrons. The van der Waals surface area contributed by atoms with E-state index in [1.54, 1.807) is 12.1 Å². The maximum absolute atomic E-state index is 13.6. The number of carbonyl (C=O) groups excluding carboxylic acids is 2. The first-order valence-electron chi connectivity index (χ1n) is 9.39. The maximum Gasteiger partial charge on any atom is 0.416 e. The number of nitrogens with zero attached hydrogens (tertiary/aromatic N) is 1.